The maximum absolute atomic E-state index is 13.1. The fourth-order valence-electron chi connectivity index (χ4n) is 5.24. The summed E-state index contributed by atoms with van der Waals surface area (Å²) in [6.45, 7) is 0. The van der Waals surface area contributed by atoms with Gasteiger partial charge in [-0.05, 0) is 68.2 Å². The lowest BCUT2D eigenvalue weighted by atomic mass is 9.61. The first-order valence-electron chi connectivity index (χ1n) is 9.53. The Balaban J connectivity index is 1.59. The Labute approximate surface area is 152 Å². The molecular formula is C20H24N2O4. The minimum absolute atomic E-state index is 0.222. The molecule has 1 aliphatic heterocycles. The maximum Gasteiger partial charge on any atom is 0.322 e. The third kappa shape index (κ3) is 2.14. The normalized spacial score (nSPS) is 35.5. The minimum Gasteiger partial charge on any atom is -0.490 e. The first-order valence-corrected chi connectivity index (χ1v) is 9.53. The Bertz CT molecular complexity index is 780. The van der Waals surface area contributed by atoms with Gasteiger partial charge >= 0.3 is 6.03 Å². The molecule has 6 nitrogen and oxygen atoms in total. The van der Waals surface area contributed by atoms with Gasteiger partial charge in [-0.15, -0.1) is 0 Å². The number of amides is 3. The van der Waals surface area contributed by atoms with Crippen LogP contribution in [0.3, 0.4) is 0 Å². The van der Waals surface area contributed by atoms with Crippen LogP contribution in [0.1, 0.15) is 49.7 Å². The number of nitrogens with one attached hydrogen (secondary N) is 2. The van der Waals surface area contributed by atoms with Gasteiger partial charge in [0.1, 0.15) is 5.75 Å². The second-order valence-electron chi connectivity index (χ2n) is 8.19. The molecule has 0 aromatic heterocycles. The Morgan fingerprint density at radius 2 is 1.85 bits per heavy atom. The van der Waals surface area contributed by atoms with Crippen molar-refractivity contribution in [2.24, 2.45) is 5.41 Å². The van der Waals surface area contributed by atoms with Crippen LogP contribution in [0.15, 0.2) is 18.2 Å². The number of carbonyl (C=O) groups excluding carboxylic acids is 2. The summed E-state index contributed by atoms with van der Waals surface area (Å²) in [5, 5.41) is 5.53. The number of rotatable bonds is 3. The van der Waals surface area contributed by atoms with E-state index in [0.29, 0.717) is 6.10 Å². The topological polar surface area (TPSA) is 76.7 Å². The van der Waals surface area contributed by atoms with Crippen LogP contribution in [0.5, 0.6) is 5.75 Å². The van der Waals surface area contributed by atoms with Crippen LogP contribution in [0.2, 0.25) is 0 Å². The Kier molecular flexibility index (Phi) is 3.38. The first kappa shape index (κ1) is 16.1. The summed E-state index contributed by atoms with van der Waals surface area (Å²) in [5.74, 6) is 0.572. The Morgan fingerprint density at radius 3 is 2.46 bits per heavy atom. The van der Waals surface area contributed by atoms with Crippen molar-refractivity contribution in [3.8, 4) is 5.75 Å². The highest BCUT2D eigenvalue weighted by molar-refractivity contribution is 6.08. The summed E-state index contributed by atoms with van der Waals surface area (Å²) in [4.78, 5) is 25.2. The zero-order valence-electron chi connectivity index (χ0n) is 15.0. The van der Waals surface area contributed by atoms with E-state index in [4.69, 9.17) is 9.47 Å². The highest BCUT2D eigenvalue weighted by Gasteiger charge is 2.66. The molecule has 1 aromatic rings. The summed E-state index contributed by atoms with van der Waals surface area (Å²) in [5.41, 5.74) is 0.774. The zero-order valence-corrected chi connectivity index (χ0v) is 15.0. The van der Waals surface area contributed by atoms with Gasteiger partial charge in [0, 0.05) is 12.5 Å². The number of hydrogen-bond acceptors (Lipinski definition) is 4. The van der Waals surface area contributed by atoms with E-state index in [1.165, 1.54) is 0 Å². The average Bonchev–Trinajstić information content (AvgIpc) is 3.34. The summed E-state index contributed by atoms with van der Waals surface area (Å²) in [6.07, 6.45) is 7.01. The van der Waals surface area contributed by atoms with E-state index in [2.05, 4.69) is 16.7 Å². The van der Waals surface area contributed by atoms with Crippen molar-refractivity contribution in [3.63, 3.8) is 0 Å². The number of hydrogen-bond donors (Lipinski definition) is 2. The molecule has 5 rings (SSSR count). The summed E-state index contributed by atoms with van der Waals surface area (Å²) in [7, 11) is 1.74. The molecule has 1 atom stereocenters. The van der Waals surface area contributed by atoms with Gasteiger partial charge in [0.2, 0.25) is 0 Å². The van der Waals surface area contributed by atoms with E-state index in [9.17, 15) is 9.59 Å². The zero-order chi connectivity index (χ0) is 17.9. The number of methoxy groups -OCH3 is 1. The largest absolute Gasteiger partial charge is 0.490 e. The number of ether oxygens (including phenoxy) is 2. The molecule has 3 amide bonds. The van der Waals surface area contributed by atoms with Crippen molar-refractivity contribution in [2.45, 2.75) is 62.7 Å². The molecule has 1 saturated heterocycles. The molecule has 1 heterocycles. The van der Waals surface area contributed by atoms with Gasteiger partial charge in [-0.3, -0.25) is 10.1 Å². The molecule has 138 valence electrons. The standard InChI is InChI=1S/C20H24N2O4/c1-25-13-6-8-19(9-7-13)11-12-2-3-15(26-14-4-5-14)10-16(12)20(19)17(23)21-18(24)22-20/h2-3,10,13-14H,4-9,11H2,1H3,(H2,21,22,23,24). The quantitative estimate of drug-likeness (QED) is 0.816. The summed E-state index contributed by atoms with van der Waals surface area (Å²) < 4.78 is 11.5. The van der Waals surface area contributed by atoms with E-state index >= 15 is 0 Å². The first-order chi connectivity index (χ1) is 12.6. The highest BCUT2D eigenvalue weighted by Crippen LogP contribution is 2.59. The molecule has 0 bridgehead atoms. The van der Waals surface area contributed by atoms with Crippen molar-refractivity contribution in [2.75, 3.05) is 7.11 Å². The molecule has 3 aliphatic carbocycles. The van der Waals surface area contributed by atoms with Crippen molar-refractivity contribution in [1.29, 1.82) is 0 Å². The fourth-order valence-corrected chi connectivity index (χ4v) is 5.24. The second kappa shape index (κ2) is 5.46. The summed E-state index contributed by atoms with van der Waals surface area (Å²) >= 11 is 0. The van der Waals surface area contributed by atoms with Crippen LogP contribution < -0.4 is 15.4 Å². The van der Waals surface area contributed by atoms with Gasteiger partial charge in [0.05, 0.1) is 12.2 Å². The predicted molar refractivity (Wildman–Crippen MR) is 93.8 cm³/mol. The van der Waals surface area contributed by atoms with Crippen molar-refractivity contribution >= 4 is 11.9 Å². The van der Waals surface area contributed by atoms with Crippen molar-refractivity contribution in [1.82, 2.24) is 10.6 Å². The molecule has 4 aliphatic rings. The number of imide groups is 1. The van der Waals surface area contributed by atoms with Crippen LogP contribution in [-0.2, 0) is 21.5 Å². The summed E-state index contributed by atoms with van der Waals surface area (Å²) in [6, 6.07) is 5.66. The van der Waals surface area contributed by atoms with Gasteiger partial charge in [0.25, 0.3) is 5.91 Å². The smallest absolute Gasteiger partial charge is 0.322 e. The van der Waals surface area contributed by atoms with E-state index in [1.807, 2.05) is 12.1 Å². The number of urea groups is 1. The van der Waals surface area contributed by atoms with Crippen molar-refractivity contribution < 1.29 is 19.1 Å². The molecule has 6 heteroatoms. The maximum atomic E-state index is 13.1. The molecule has 2 saturated carbocycles. The molecule has 26 heavy (non-hydrogen) atoms. The SMILES string of the molecule is COC1CCC2(CC1)Cc1ccc(OC3CC3)cc1C21NC(=O)NC1=O. The number of fused-ring (bicyclic) bond motifs is 3. The predicted octanol–water partition coefficient (Wildman–Crippen LogP) is 2.39. The minimum atomic E-state index is -0.985. The Hall–Kier alpha value is -2.08. The van der Waals surface area contributed by atoms with Crippen LogP contribution in [0, 0.1) is 5.41 Å². The highest BCUT2D eigenvalue weighted by atomic mass is 16.5. The monoisotopic (exact) mass is 356 g/mol. The molecule has 1 unspecified atom stereocenters. The van der Waals surface area contributed by atoms with E-state index in [0.717, 1.165) is 61.8 Å². The van der Waals surface area contributed by atoms with Crippen LogP contribution >= 0.6 is 0 Å². The van der Waals surface area contributed by atoms with E-state index in [-0.39, 0.29) is 17.4 Å². The fraction of sp³-hybridized carbons (Fsp3) is 0.600. The van der Waals surface area contributed by atoms with Crippen LogP contribution in [0.25, 0.3) is 0 Å². The average molecular weight is 356 g/mol. The number of benzene rings is 1. The second-order valence-corrected chi connectivity index (χ2v) is 8.19. The third-order valence-electron chi connectivity index (χ3n) is 6.73. The molecule has 2 N–H and O–H groups in total. The number of carbonyl (C=O) groups is 2. The van der Waals surface area contributed by atoms with Gasteiger partial charge in [-0.1, -0.05) is 6.07 Å². The van der Waals surface area contributed by atoms with E-state index in [1.54, 1.807) is 7.11 Å². The lowest BCUT2D eigenvalue weighted by Crippen LogP contribution is -2.56. The van der Waals surface area contributed by atoms with E-state index < -0.39 is 11.6 Å². The lowest BCUT2D eigenvalue weighted by Gasteiger charge is -2.46. The van der Waals surface area contributed by atoms with Gasteiger partial charge in [-0.25, -0.2) is 4.79 Å². The molecule has 3 fully saturated rings. The third-order valence-corrected chi connectivity index (χ3v) is 6.73. The molecule has 0 radical (unpaired) electrons. The van der Waals surface area contributed by atoms with Gasteiger partial charge in [-0.2, -0.15) is 0 Å². The van der Waals surface area contributed by atoms with Crippen LogP contribution in [0.4, 0.5) is 4.79 Å². The molecule has 1 aromatic carbocycles. The lowest BCUT2D eigenvalue weighted by molar-refractivity contribution is -0.131. The van der Waals surface area contributed by atoms with Crippen LogP contribution in [-0.4, -0.2) is 31.3 Å². The van der Waals surface area contributed by atoms with Crippen molar-refractivity contribution in [3.05, 3.63) is 29.3 Å². The molecular weight excluding hydrogens is 332 g/mol. The van der Waals surface area contributed by atoms with Gasteiger partial charge in [0.15, 0.2) is 5.54 Å². The molecule has 2 spiro atoms. The Morgan fingerprint density at radius 1 is 1.08 bits per heavy atom. The van der Waals surface area contributed by atoms with Gasteiger partial charge < -0.3 is 14.8 Å².